The zero-order valence-electron chi connectivity index (χ0n) is 11.3. The summed E-state index contributed by atoms with van der Waals surface area (Å²) in [6, 6.07) is 7.86. The summed E-state index contributed by atoms with van der Waals surface area (Å²) in [5, 5.41) is 4.89. The summed E-state index contributed by atoms with van der Waals surface area (Å²) >= 11 is 1.51. The van der Waals surface area contributed by atoms with Crippen LogP contribution in [0.1, 0.15) is 35.8 Å². The number of carbonyl (C=O) groups is 1. The fourth-order valence-corrected chi connectivity index (χ4v) is 2.84. The molecule has 3 rings (SSSR count). The first-order valence-electron chi connectivity index (χ1n) is 6.47. The predicted molar refractivity (Wildman–Crippen MR) is 81.6 cm³/mol. The van der Waals surface area contributed by atoms with E-state index in [0.717, 1.165) is 16.2 Å². The van der Waals surface area contributed by atoms with Gasteiger partial charge < -0.3 is 5.32 Å². The average molecular weight is 285 g/mol. The molecule has 102 valence electrons. The summed E-state index contributed by atoms with van der Waals surface area (Å²) in [4.78, 5) is 17.4. The Morgan fingerprint density at radius 1 is 1.35 bits per heavy atom. The SMILES string of the molecule is CC(C)c1ccccc1NC(=O)c1cn2ccsc2n1. The Labute approximate surface area is 121 Å². The van der Waals surface area contributed by atoms with Crippen LogP contribution in [0.2, 0.25) is 0 Å². The van der Waals surface area contributed by atoms with E-state index in [-0.39, 0.29) is 5.91 Å². The lowest BCUT2D eigenvalue weighted by Crippen LogP contribution is -2.14. The highest BCUT2D eigenvalue weighted by Gasteiger charge is 2.14. The Morgan fingerprint density at radius 2 is 2.15 bits per heavy atom. The van der Waals surface area contributed by atoms with Crippen molar-refractivity contribution in [3.8, 4) is 0 Å². The van der Waals surface area contributed by atoms with Crippen molar-refractivity contribution in [3.05, 3.63) is 53.3 Å². The second-order valence-electron chi connectivity index (χ2n) is 4.92. The van der Waals surface area contributed by atoms with Gasteiger partial charge in [-0.05, 0) is 17.5 Å². The van der Waals surface area contributed by atoms with Gasteiger partial charge in [0.15, 0.2) is 4.96 Å². The van der Waals surface area contributed by atoms with Crippen LogP contribution in [0, 0.1) is 0 Å². The number of hydrogen-bond acceptors (Lipinski definition) is 3. The van der Waals surface area contributed by atoms with E-state index in [2.05, 4.69) is 24.1 Å². The molecule has 0 radical (unpaired) electrons. The third-order valence-corrected chi connectivity index (χ3v) is 3.93. The molecule has 0 saturated heterocycles. The number of rotatable bonds is 3. The molecule has 0 fully saturated rings. The van der Waals surface area contributed by atoms with E-state index in [4.69, 9.17) is 0 Å². The van der Waals surface area contributed by atoms with E-state index in [1.165, 1.54) is 11.3 Å². The number of hydrogen-bond donors (Lipinski definition) is 1. The summed E-state index contributed by atoms with van der Waals surface area (Å²) in [6.07, 6.45) is 3.64. The van der Waals surface area contributed by atoms with E-state index in [9.17, 15) is 4.79 Å². The van der Waals surface area contributed by atoms with E-state index in [0.29, 0.717) is 11.6 Å². The first-order chi connectivity index (χ1) is 9.65. The number of nitrogens with one attached hydrogen (secondary N) is 1. The number of nitrogens with zero attached hydrogens (tertiary/aromatic N) is 2. The summed E-state index contributed by atoms with van der Waals surface area (Å²) in [5.41, 5.74) is 2.42. The largest absolute Gasteiger partial charge is 0.320 e. The molecule has 2 heterocycles. The number of anilines is 1. The van der Waals surface area contributed by atoms with Crippen molar-refractivity contribution in [1.29, 1.82) is 0 Å². The average Bonchev–Trinajstić information content (AvgIpc) is 2.99. The molecule has 1 aromatic carbocycles. The zero-order valence-corrected chi connectivity index (χ0v) is 12.1. The van der Waals surface area contributed by atoms with Gasteiger partial charge >= 0.3 is 0 Å². The van der Waals surface area contributed by atoms with Crippen LogP contribution in [0.4, 0.5) is 5.69 Å². The first-order valence-corrected chi connectivity index (χ1v) is 7.35. The van der Waals surface area contributed by atoms with Crippen molar-refractivity contribution < 1.29 is 4.79 Å². The first kappa shape index (κ1) is 12.9. The summed E-state index contributed by atoms with van der Waals surface area (Å²) in [6.45, 7) is 4.22. The van der Waals surface area contributed by atoms with Crippen molar-refractivity contribution in [2.24, 2.45) is 0 Å². The van der Waals surface area contributed by atoms with Crippen LogP contribution >= 0.6 is 11.3 Å². The van der Waals surface area contributed by atoms with Crippen molar-refractivity contribution in [2.75, 3.05) is 5.32 Å². The van der Waals surface area contributed by atoms with Crippen LogP contribution in [0.3, 0.4) is 0 Å². The van der Waals surface area contributed by atoms with Crippen molar-refractivity contribution in [2.45, 2.75) is 19.8 Å². The lowest BCUT2D eigenvalue weighted by atomic mass is 10.0. The Balaban J connectivity index is 1.87. The summed E-state index contributed by atoms with van der Waals surface area (Å²) in [7, 11) is 0. The molecule has 0 aliphatic carbocycles. The molecule has 1 N–H and O–H groups in total. The lowest BCUT2D eigenvalue weighted by Gasteiger charge is -2.12. The molecule has 20 heavy (non-hydrogen) atoms. The van der Waals surface area contributed by atoms with E-state index in [1.807, 2.05) is 40.2 Å². The minimum Gasteiger partial charge on any atom is -0.320 e. The maximum atomic E-state index is 12.3. The highest BCUT2D eigenvalue weighted by Crippen LogP contribution is 2.24. The fourth-order valence-electron chi connectivity index (χ4n) is 2.14. The van der Waals surface area contributed by atoms with Gasteiger partial charge in [0.2, 0.25) is 0 Å². The topological polar surface area (TPSA) is 46.4 Å². The standard InChI is InChI=1S/C15H15N3OS/c1-10(2)11-5-3-4-6-12(11)16-14(19)13-9-18-7-8-20-15(18)17-13/h3-10H,1-2H3,(H,16,19). The number of fused-ring (bicyclic) bond motifs is 1. The quantitative estimate of drug-likeness (QED) is 0.796. The number of amides is 1. The molecule has 0 spiro atoms. The van der Waals surface area contributed by atoms with Gasteiger partial charge in [-0.3, -0.25) is 9.20 Å². The number of benzene rings is 1. The molecule has 0 atom stereocenters. The number of carbonyl (C=O) groups excluding carboxylic acids is 1. The van der Waals surface area contributed by atoms with E-state index in [1.54, 1.807) is 6.20 Å². The molecule has 0 aliphatic heterocycles. The van der Waals surface area contributed by atoms with Crippen LogP contribution in [0.5, 0.6) is 0 Å². The molecule has 3 aromatic rings. The molecule has 0 unspecified atom stereocenters. The van der Waals surface area contributed by atoms with Crippen LogP contribution in [0.25, 0.3) is 4.96 Å². The third kappa shape index (κ3) is 2.32. The molecule has 5 heteroatoms. The van der Waals surface area contributed by atoms with E-state index < -0.39 is 0 Å². The monoisotopic (exact) mass is 285 g/mol. The lowest BCUT2D eigenvalue weighted by molar-refractivity contribution is 0.102. The Hall–Kier alpha value is -2.14. The smallest absolute Gasteiger partial charge is 0.275 e. The van der Waals surface area contributed by atoms with Crippen molar-refractivity contribution in [3.63, 3.8) is 0 Å². The number of thiazole rings is 1. The van der Waals surface area contributed by atoms with Gasteiger partial charge in [0.25, 0.3) is 5.91 Å². The van der Waals surface area contributed by atoms with Crippen molar-refractivity contribution in [1.82, 2.24) is 9.38 Å². The van der Waals surface area contributed by atoms with Gasteiger partial charge in [-0.2, -0.15) is 0 Å². The second-order valence-corrected chi connectivity index (χ2v) is 5.79. The molecule has 1 amide bonds. The second kappa shape index (κ2) is 5.09. The van der Waals surface area contributed by atoms with Gasteiger partial charge in [-0.1, -0.05) is 32.0 Å². The van der Waals surface area contributed by atoms with Crippen LogP contribution in [-0.2, 0) is 0 Å². The van der Waals surface area contributed by atoms with Crippen LogP contribution in [0.15, 0.2) is 42.0 Å². The molecular formula is C15H15N3OS. The molecule has 4 nitrogen and oxygen atoms in total. The Kier molecular flexibility index (Phi) is 3.28. The highest BCUT2D eigenvalue weighted by atomic mass is 32.1. The number of aromatic nitrogens is 2. The molecule has 0 aliphatic rings. The summed E-state index contributed by atoms with van der Waals surface area (Å²) in [5.74, 6) is 0.186. The predicted octanol–water partition coefficient (Wildman–Crippen LogP) is 3.77. The Bertz CT molecular complexity index is 729. The zero-order chi connectivity index (χ0) is 14.1. The minimum atomic E-state index is -0.172. The van der Waals surface area contributed by atoms with Gasteiger partial charge in [0.05, 0.1) is 0 Å². The highest BCUT2D eigenvalue weighted by molar-refractivity contribution is 7.15. The maximum Gasteiger partial charge on any atom is 0.275 e. The van der Waals surface area contributed by atoms with Crippen molar-refractivity contribution >= 4 is 27.9 Å². The maximum absolute atomic E-state index is 12.3. The van der Waals surface area contributed by atoms with Gasteiger partial charge in [0.1, 0.15) is 5.69 Å². The summed E-state index contributed by atoms with van der Waals surface area (Å²) < 4.78 is 1.86. The van der Waals surface area contributed by atoms with Crippen LogP contribution < -0.4 is 5.32 Å². The molecule has 0 saturated carbocycles. The number of para-hydroxylation sites is 1. The molecule has 0 bridgehead atoms. The van der Waals surface area contributed by atoms with Gasteiger partial charge in [-0.15, -0.1) is 11.3 Å². The van der Waals surface area contributed by atoms with Gasteiger partial charge in [0, 0.05) is 23.5 Å². The van der Waals surface area contributed by atoms with Crippen LogP contribution in [-0.4, -0.2) is 15.3 Å². The number of imidazole rings is 1. The van der Waals surface area contributed by atoms with Gasteiger partial charge in [-0.25, -0.2) is 4.98 Å². The normalized spacial score (nSPS) is 11.2. The third-order valence-electron chi connectivity index (χ3n) is 3.16. The molecule has 2 aromatic heterocycles. The van der Waals surface area contributed by atoms with E-state index >= 15 is 0 Å². The fraction of sp³-hybridized carbons (Fsp3) is 0.200. The minimum absolute atomic E-state index is 0.172. The molecular weight excluding hydrogens is 270 g/mol. The Morgan fingerprint density at radius 3 is 2.90 bits per heavy atom.